The summed E-state index contributed by atoms with van der Waals surface area (Å²) >= 11 is 5.77. The molecule has 2 aromatic rings. The van der Waals surface area contributed by atoms with Gasteiger partial charge in [0.05, 0.1) is 5.02 Å². The van der Waals surface area contributed by atoms with Gasteiger partial charge in [0.1, 0.15) is 11.6 Å². The van der Waals surface area contributed by atoms with Crippen LogP contribution in [0, 0.1) is 12.7 Å². The van der Waals surface area contributed by atoms with E-state index in [1.54, 1.807) is 6.07 Å². The minimum Gasteiger partial charge on any atom is -0.357 e. The maximum Gasteiger partial charge on any atom is 0.229 e. The van der Waals surface area contributed by atoms with E-state index in [4.69, 9.17) is 11.6 Å². The van der Waals surface area contributed by atoms with E-state index < -0.39 is 5.82 Å². The predicted octanol–water partition coefficient (Wildman–Crippen LogP) is 4.17. The van der Waals surface area contributed by atoms with Crippen LogP contribution in [0.3, 0.4) is 0 Å². The number of hydrogen-bond acceptors (Lipinski definition) is 4. The number of nitrogens with one attached hydrogen (secondary N) is 1. The zero-order chi connectivity index (χ0) is 15.4. The lowest BCUT2D eigenvalue weighted by molar-refractivity contribution is 0.628. The Morgan fingerprint density at radius 3 is 2.52 bits per heavy atom. The fraction of sp³-hybridized carbons (Fsp3) is 0.333. The molecule has 21 heavy (non-hydrogen) atoms. The van der Waals surface area contributed by atoms with Crippen LogP contribution in [0.2, 0.25) is 5.02 Å². The van der Waals surface area contributed by atoms with Gasteiger partial charge in [-0.05, 0) is 39.0 Å². The Balaban J connectivity index is 2.29. The third-order valence-corrected chi connectivity index (χ3v) is 3.39. The number of rotatable bonds is 5. The summed E-state index contributed by atoms with van der Waals surface area (Å²) in [7, 11) is 0. The molecule has 0 atom stereocenters. The quantitative estimate of drug-likeness (QED) is 0.900. The molecule has 4 nitrogen and oxygen atoms in total. The van der Waals surface area contributed by atoms with Gasteiger partial charge >= 0.3 is 0 Å². The Morgan fingerprint density at radius 2 is 1.90 bits per heavy atom. The van der Waals surface area contributed by atoms with Gasteiger partial charge in [-0.1, -0.05) is 11.6 Å². The van der Waals surface area contributed by atoms with Crippen molar-refractivity contribution in [2.75, 3.05) is 23.3 Å². The van der Waals surface area contributed by atoms with Crippen molar-refractivity contribution in [2.24, 2.45) is 0 Å². The molecule has 0 spiro atoms. The summed E-state index contributed by atoms with van der Waals surface area (Å²) in [5.74, 6) is 0.888. The summed E-state index contributed by atoms with van der Waals surface area (Å²) in [6.07, 6.45) is 0. The molecule has 0 aliphatic rings. The van der Waals surface area contributed by atoms with Crippen LogP contribution in [0.25, 0.3) is 0 Å². The molecule has 6 heteroatoms. The van der Waals surface area contributed by atoms with Gasteiger partial charge in [-0.25, -0.2) is 9.37 Å². The molecule has 1 N–H and O–H groups in total. The van der Waals surface area contributed by atoms with Crippen LogP contribution in [-0.4, -0.2) is 23.1 Å². The van der Waals surface area contributed by atoms with Crippen LogP contribution in [-0.2, 0) is 0 Å². The van der Waals surface area contributed by atoms with Crippen LogP contribution in [0.4, 0.5) is 21.8 Å². The number of benzene rings is 1. The molecule has 1 aromatic heterocycles. The van der Waals surface area contributed by atoms with E-state index in [0.717, 1.165) is 24.6 Å². The summed E-state index contributed by atoms with van der Waals surface area (Å²) in [6, 6.07) is 6.37. The monoisotopic (exact) mass is 308 g/mol. The normalized spacial score (nSPS) is 10.5. The number of aryl methyl sites for hydroxylation is 1. The summed E-state index contributed by atoms with van der Waals surface area (Å²) < 4.78 is 13.2. The lowest BCUT2D eigenvalue weighted by Crippen LogP contribution is -2.23. The van der Waals surface area contributed by atoms with E-state index in [1.165, 1.54) is 12.1 Å². The standard InChI is InChI=1S/C15H18ClFN4/c1-4-21(5-2)14-8-10(3)18-15(20-14)19-11-6-7-13(17)12(16)9-11/h6-9H,4-5H2,1-3H3,(H,18,19,20). The number of hydrogen-bond donors (Lipinski definition) is 1. The SMILES string of the molecule is CCN(CC)c1cc(C)nc(Nc2ccc(F)c(Cl)c2)n1. The van der Waals surface area contributed by atoms with E-state index >= 15 is 0 Å². The Labute approximate surface area is 129 Å². The van der Waals surface area contributed by atoms with E-state index in [2.05, 4.69) is 34.0 Å². The summed E-state index contributed by atoms with van der Waals surface area (Å²) in [5.41, 5.74) is 1.51. The minimum atomic E-state index is -0.448. The molecule has 1 aromatic carbocycles. The minimum absolute atomic E-state index is 0.0663. The number of aromatic nitrogens is 2. The van der Waals surface area contributed by atoms with Crippen molar-refractivity contribution >= 4 is 29.1 Å². The van der Waals surface area contributed by atoms with Crippen molar-refractivity contribution in [1.82, 2.24) is 9.97 Å². The molecule has 0 saturated heterocycles. The Morgan fingerprint density at radius 1 is 1.19 bits per heavy atom. The predicted molar refractivity (Wildman–Crippen MR) is 85.0 cm³/mol. The Hall–Kier alpha value is -1.88. The molecule has 0 saturated carbocycles. The number of anilines is 3. The van der Waals surface area contributed by atoms with Crippen molar-refractivity contribution in [1.29, 1.82) is 0 Å². The maximum absolute atomic E-state index is 13.2. The first-order valence-electron chi connectivity index (χ1n) is 6.86. The highest BCUT2D eigenvalue weighted by molar-refractivity contribution is 6.31. The van der Waals surface area contributed by atoms with Gasteiger partial charge in [0.2, 0.25) is 5.95 Å². The number of nitrogens with zero attached hydrogens (tertiary/aromatic N) is 3. The van der Waals surface area contributed by atoms with Crippen molar-refractivity contribution < 1.29 is 4.39 Å². The molecule has 0 aliphatic heterocycles. The molecular formula is C15H18ClFN4. The second kappa shape index (κ2) is 6.72. The molecule has 2 rings (SSSR count). The van der Waals surface area contributed by atoms with Crippen LogP contribution >= 0.6 is 11.6 Å². The van der Waals surface area contributed by atoms with Crippen LogP contribution in [0.5, 0.6) is 0 Å². The zero-order valence-corrected chi connectivity index (χ0v) is 13.1. The fourth-order valence-corrected chi connectivity index (χ4v) is 2.20. The first-order valence-corrected chi connectivity index (χ1v) is 7.24. The molecule has 0 unspecified atom stereocenters. The van der Waals surface area contributed by atoms with E-state index in [0.29, 0.717) is 11.6 Å². The average molecular weight is 309 g/mol. The first kappa shape index (κ1) is 15.5. The highest BCUT2D eigenvalue weighted by atomic mass is 35.5. The lowest BCUT2D eigenvalue weighted by Gasteiger charge is -2.20. The highest BCUT2D eigenvalue weighted by Gasteiger charge is 2.08. The molecule has 0 aliphatic carbocycles. The van der Waals surface area contributed by atoms with E-state index in [1.807, 2.05) is 13.0 Å². The second-order valence-electron chi connectivity index (χ2n) is 4.62. The van der Waals surface area contributed by atoms with Crippen molar-refractivity contribution in [3.63, 3.8) is 0 Å². The summed E-state index contributed by atoms with van der Waals surface area (Å²) in [4.78, 5) is 11.0. The largest absolute Gasteiger partial charge is 0.357 e. The summed E-state index contributed by atoms with van der Waals surface area (Å²) in [6.45, 7) is 7.81. The number of halogens is 2. The van der Waals surface area contributed by atoms with Gasteiger partial charge in [-0.2, -0.15) is 4.98 Å². The van der Waals surface area contributed by atoms with Crippen LogP contribution in [0.15, 0.2) is 24.3 Å². The van der Waals surface area contributed by atoms with Crippen LogP contribution < -0.4 is 10.2 Å². The zero-order valence-electron chi connectivity index (χ0n) is 12.3. The van der Waals surface area contributed by atoms with Gasteiger partial charge in [-0.15, -0.1) is 0 Å². The molecule has 0 fully saturated rings. The second-order valence-corrected chi connectivity index (χ2v) is 5.02. The average Bonchev–Trinajstić information content (AvgIpc) is 2.44. The molecule has 1 heterocycles. The van der Waals surface area contributed by atoms with Gasteiger partial charge in [0, 0.05) is 30.5 Å². The highest BCUT2D eigenvalue weighted by Crippen LogP contribution is 2.22. The van der Waals surface area contributed by atoms with Crippen molar-refractivity contribution in [3.05, 3.63) is 40.8 Å². The lowest BCUT2D eigenvalue weighted by atomic mass is 10.3. The van der Waals surface area contributed by atoms with Gasteiger partial charge in [0.25, 0.3) is 0 Å². The van der Waals surface area contributed by atoms with E-state index in [9.17, 15) is 4.39 Å². The van der Waals surface area contributed by atoms with Gasteiger partial charge in [-0.3, -0.25) is 0 Å². The molecule has 0 bridgehead atoms. The third-order valence-electron chi connectivity index (χ3n) is 3.10. The smallest absolute Gasteiger partial charge is 0.229 e. The molecule has 0 amide bonds. The molecule has 0 radical (unpaired) electrons. The maximum atomic E-state index is 13.2. The first-order chi connectivity index (χ1) is 10.0. The van der Waals surface area contributed by atoms with Crippen molar-refractivity contribution in [2.45, 2.75) is 20.8 Å². The van der Waals surface area contributed by atoms with Gasteiger partial charge in [0.15, 0.2) is 0 Å². The fourth-order valence-electron chi connectivity index (χ4n) is 2.02. The summed E-state index contributed by atoms with van der Waals surface area (Å²) in [5, 5.41) is 3.12. The Kier molecular flexibility index (Phi) is 4.96. The van der Waals surface area contributed by atoms with Crippen LogP contribution in [0.1, 0.15) is 19.5 Å². The van der Waals surface area contributed by atoms with E-state index in [-0.39, 0.29) is 5.02 Å². The van der Waals surface area contributed by atoms with Crippen molar-refractivity contribution in [3.8, 4) is 0 Å². The van der Waals surface area contributed by atoms with Gasteiger partial charge < -0.3 is 10.2 Å². The molecular weight excluding hydrogens is 291 g/mol. The Bertz CT molecular complexity index is 629. The third kappa shape index (κ3) is 3.82. The molecule has 112 valence electrons. The topological polar surface area (TPSA) is 41.1 Å².